The Kier molecular flexibility index (Phi) is 3.49. The van der Waals surface area contributed by atoms with Crippen molar-refractivity contribution in [2.24, 2.45) is 5.92 Å². The molecule has 2 unspecified atom stereocenters. The van der Waals surface area contributed by atoms with Crippen molar-refractivity contribution in [2.75, 3.05) is 17.3 Å². The van der Waals surface area contributed by atoms with Gasteiger partial charge in [-0.25, -0.2) is 0 Å². The van der Waals surface area contributed by atoms with E-state index in [0.717, 1.165) is 6.42 Å². The fourth-order valence-electron chi connectivity index (χ4n) is 1.93. The van der Waals surface area contributed by atoms with Crippen LogP contribution in [0.3, 0.4) is 0 Å². The van der Waals surface area contributed by atoms with Gasteiger partial charge in [0.05, 0.1) is 0 Å². The molecule has 1 saturated heterocycles. The van der Waals surface area contributed by atoms with Crippen molar-refractivity contribution in [3.8, 4) is 0 Å². The molecule has 1 fully saturated rings. The highest BCUT2D eigenvalue weighted by molar-refractivity contribution is 7.15. The van der Waals surface area contributed by atoms with Crippen LogP contribution < -0.4 is 4.90 Å². The van der Waals surface area contributed by atoms with E-state index in [2.05, 4.69) is 10.2 Å². The molecule has 0 bridgehead atoms. The maximum atomic E-state index is 12.4. The molecule has 0 aromatic carbocycles. The van der Waals surface area contributed by atoms with E-state index in [1.165, 1.54) is 0 Å². The highest BCUT2D eigenvalue weighted by Gasteiger charge is 2.38. The monoisotopic (exact) mass is 285 g/mol. The van der Waals surface area contributed by atoms with Crippen molar-refractivity contribution in [1.82, 2.24) is 10.2 Å². The van der Waals surface area contributed by atoms with Gasteiger partial charge in [-0.3, -0.25) is 0 Å². The van der Waals surface area contributed by atoms with Crippen molar-refractivity contribution in [3.63, 3.8) is 0 Å². The van der Waals surface area contributed by atoms with Gasteiger partial charge >= 0.3 is 6.18 Å². The van der Waals surface area contributed by atoms with E-state index in [0.29, 0.717) is 34.8 Å². The summed E-state index contributed by atoms with van der Waals surface area (Å²) in [6.07, 6.45) is -3.50. The Balaban J connectivity index is 2.21. The number of hydrogen-bond acceptors (Lipinski definition) is 4. The van der Waals surface area contributed by atoms with Crippen molar-refractivity contribution in [3.05, 3.63) is 5.01 Å². The Labute approximate surface area is 106 Å². The SMILES string of the molecule is CC1CCN(c2nnc(C(F)(F)F)s2)C1CCl. The summed E-state index contributed by atoms with van der Waals surface area (Å²) in [6, 6.07) is 0.0469. The molecular weight excluding hydrogens is 275 g/mol. The summed E-state index contributed by atoms with van der Waals surface area (Å²) in [5.74, 6) is 0.757. The zero-order valence-electron chi connectivity index (χ0n) is 9.04. The van der Waals surface area contributed by atoms with Gasteiger partial charge in [-0.05, 0) is 12.3 Å². The van der Waals surface area contributed by atoms with Gasteiger partial charge in [0.15, 0.2) is 0 Å². The summed E-state index contributed by atoms with van der Waals surface area (Å²) < 4.78 is 37.2. The van der Waals surface area contributed by atoms with Crippen LogP contribution in [0.15, 0.2) is 0 Å². The number of alkyl halides is 4. The zero-order chi connectivity index (χ0) is 12.6. The lowest BCUT2D eigenvalue weighted by Gasteiger charge is -2.23. The second-order valence-corrected chi connectivity index (χ2v) is 5.33. The number of halogens is 4. The van der Waals surface area contributed by atoms with Gasteiger partial charge in [-0.1, -0.05) is 18.3 Å². The molecular formula is C9H11ClF3N3S. The van der Waals surface area contributed by atoms with Gasteiger partial charge in [-0.2, -0.15) is 13.2 Å². The molecule has 17 heavy (non-hydrogen) atoms. The standard InChI is InChI=1S/C9H11ClF3N3S/c1-5-2-3-16(6(5)4-10)8-15-14-7(17-8)9(11,12)13/h5-6H,2-4H2,1H3. The molecule has 96 valence electrons. The minimum Gasteiger partial charge on any atom is -0.342 e. The topological polar surface area (TPSA) is 29.0 Å². The van der Waals surface area contributed by atoms with Crippen LogP contribution in [0.2, 0.25) is 0 Å². The molecule has 2 rings (SSSR count). The molecule has 2 heterocycles. The van der Waals surface area contributed by atoms with Crippen molar-refractivity contribution < 1.29 is 13.2 Å². The normalized spacial score (nSPS) is 25.6. The van der Waals surface area contributed by atoms with Gasteiger partial charge in [-0.15, -0.1) is 21.8 Å². The van der Waals surface area contributed by atoms with Crippen LogP contribution in [0, 0.1) is 5.92 Å². The highest BCUT2D eigenvalue weighted by atomic mass is 35.5. The molecule has 0 saturated carbocycles. The Hall–Kier alpha value is -0.560. The molecule has 1 aliphatic heterocycles. The van der Waals surface area contributed by atoms with Crippen LogP contribution in [0.25, 0.3) is 0 Å². The molecule has 0 radical (unpaired) electrons. The first-order chi connectivity index (χ1) is 7.93. The largest absolute Gasteiger partial charge is 0.445 e. The highest BCUT2D eigenvalue weighted by Crippen LogP contribution is 2.37. The second kappa shape index (κ2) is 4.61. The third kappa shape index (κ3) is 2.49. The van der Waals surface area contributed by atoms with Crippen LogP contribution in [-0.4, -0.2) is 28.7 Å². The summed E-state index contributed by atoms with van der Waals surface area (Å²) in [4.78, 5) is 1.82. The smallest absolute Gasteiger partial charge is 0.342 e. The molecule has 1 aromatic heterocycles. The zero-order valence-corrected chi connectivity index (χ0v) is 10.6. The number of rotatable bonds is 2. The second-order valence-electron chi connectivity index (χ2n) is 4.07. The number of hydrogen-bond donors (Lipinski definition) is 0. The first-order valence-electron chi connectivity index (χ1n) is 5.16. The van der Waals surface area contributed by atoms with Crippen LogP contribution in [0.4, 0.5) is 18.3 Å². The van der Waals surface area contributed by atoms with E-state index < -0.39 is 11.2 Å². The van der Waals surface area contributed by atoms with E-state index in [1.807, 2.05) is 11.8 Å². The fraction of sp³-hybridized carbons (Fsp3) is 0.778. The van der Waals surface area contributed by atoms with Gasteiger partial charge < -0.3 is 4.90 Å². The Morgan fingerprint density at radius 2 is 2.18 bits per heavy atom. The molecule has 8 heteroatoms. The first kappa shape index (κ1) is 12.9. The Bertz CT molecular complexity index is 395. The van der Waals surface area contributed by atoms with Gasteiger partial charge in [0.25, 0.3) is 0 Å². The van der Waals surface area contributed by atoms with E-state index >= 15 is 0 Å². The maximum absolute atomic E-state index is 12.4. The lowest BCUT2D eigenvalue weighted by molar-refractivity contribution is -0.138. The minimum absolute atomic E-state index is 0.0469. The molecule has 0 amide bonds. The Morgan fingerprint density at radius 1 is 1.47 bits per heavy atom. The van der Waals surface area contributed by atoms with E-state index in [-0.39, 0.29) is 6.04 Å². The predicted octanol–water partition coefficient (Wildman–Crippen LogP) is 3.01. The third-order valence-electron chi connectivity index (χ3n) is 2.94. The lowest BCUT2D eigenvalue weighted by Crippen LogP contribution is -2.33. The third-order valence-corrected chi connectivity index (χ3v) is 4.26. The van der Waals surface area contributed by atoms with Gasteiger partial charge in [0.2, 0.25) is 10.1 Å². The van der Waals surface area contributed by atoms with Crippen LogP contribution in [-0.2, 0) is 6.18 Å². The summed E-state index contributed by atoms with van der Waals surface area (Å²) in [6.45, 7) is 2.73. The number of anilines is 1. The first-order valence-corrected chi connectivity index (χ1v) is 6.52. The fourth-order valence-corrected chi connectivity index (χ4v) is 3.19. The minimum atomic E-state index is -4.42. The van der Waals surface area contributed by atoms with Crippen molar-refractivity contribution in [2.45, 2.75) is 25.6 Å². The van der Waals surface area contributed by atoms with E-state index in [9.17, 15) is 13.2 Å². The Morgan fingerprint density at radius 3 is 2.71 bits per heavy atom. The molecule has 3 nitrogen and oxygen atoms in total. The lowest BCUT2D eigenvalue weighted by atomic mass is 10.1. The van der Waals surface area contributed by atoms with Crippen molar-refractivity contribution >= 4 is 28.1 Å². The molecule has 1 aromatic rings. The van der Waals surface area contributed by atoms with Crippen LogP contribution in [0.1, 0.15) is 18.4 Å². The molecule has 0 spiro atoms. The average Bonchev–Trinajstić information content (AvgIpc) is 2.82. The molecule has 1 aliphatic rings. The molecule has 0 aliphatic carbocycles. The van der Waals surface area contributed by atoms with Gasteiger partial charge in [0.1, 0.15) is 0 Å². The van der Waals surface area contributed by atoms with E-state index in [1.54, 1.807) is 0 Å². The van der Waals surface area contributed by atoms with Crippen LogP contribution >= 0.6 is 22.9 Å². The molecule has 2 atom stereocenters. The van der Waals surface area contributed by atoms with Gasteiger partial charge in [0, 0.05) is 18.5 Å². The van der Waals surface area contributed by atoms with Crippen LogP contribution in [0.5, 0.6) is 0 Å². The predicted molar refractivity (Wildman–Crippen MR) is 60.5 cm³/mol. The van der Waals surface area contributed by atoms with E-state index in [4.69, 9.17) is 11.6 Å². The number of aromatic nitrogens is 2. The summed E-state index contributed by atoms with van der Waals surface area (Å²) in [5.41, 5.74) is 0. The summed E-state index contributed by atoms with van der Waals surface area (Å²) in [7, 11) is 0. The summed E-state index contributed by atoms with van der Waals surface area (Å²) in [5, 5.41) is 6.21. The van der Waals surface area contributed by atoms with Crippen molar-refractivity contribution in [1.29, 1.82) is 0 Å². The maximum Gasteiger partial charge on any atom is 0.445 e. The number of nitrogens with zero attached hydrogens (tertiary/aromatic N) is 3. The quantitative estimate of drug-likeness (QED) is 0.782. The molecule has 0 N–H and O–H groups in total. The summed E-state index contributed by atoms with van der Waals surface area (Å²) >= 11 is 6.41. The average molecular weight is 286 g/mol.